The van der Waals surface area contributed by atoms with Gasteiger partial charge in [-0.3, -0.25) is 18.8 Å². The molecule has 0 aliphatic heterocycles. The molecule has 0 saturated heterocycles. The second kappa shape index (κ2) is 12.0. The van der Waals surface area contributed by atoms with Crippen molar-refractivity contribution in [2.45, 2.75) is 43.6 Å². The van der Waals surface area contributed by atoms with Gasteiger partial charge in [0.15, 0.2) is 0 Å². The third-order valence-corrected chi connectivity index (χ3v) is 6.64. The van der Waals surface area contributed by atoms with Crippen molar-refractivity contribution in [1.82, 2.24) is 9.97 Å². The number of carbonyl (C=O) groups is 2. The highest BCUT2D eigenvalue weighted by Crippen LogP contribution is 2.27. The van der Waals surface area contributed by atoms with Crippen LogP contribution in [0.2, 0.25) is 0 Å². The molecule has 3 rings (SSSR count). The number of hydrogen-bond donors (Lipinski definition) is 1. The van der Waals surface area contributed by atoms with Gasteiger partial charge in [0.1, 0.15) is 17.4 Å². The Balaban J connectivity index is 1.74. The number of esters is 1. The first-order chi connectivity index (χ1) is 16.4. The number of ether oxygens (including phenoxy) is 2. The minimum Gasteiger partial charge on any atom is -0.497 e. The Bertz CT molecular complexity index is 1170. The summed E-state index contributed by atoms with van der Waals surface area (Å²) < 4.78 is 23.7. The third kappa shape index (κ3) is 6.48. The van der Waals surface area contributed by atoms with E-state index < -0.39 is 22.0 Å². The molecule has 2 atom stereocenters. The molecule has 0 bridgehead atoms. The average molecular weight is 482 g/mol. The topological polar surface area (TPSA) is 107 Å². The van der Waals surface area contributed by atoms with Crippen LogP contribution < -0.4 is 10.1 Å². The smallest absolute Gasteiger partial charge is 0.306 e. The molecule has 0 aliphatic carbocycles. The molecule has 2 aromatic heterocycles. The van der Waals surface area contributed by atoms with Crippen LogP contribution in [0.1, 0.15) is 53.6 Å². The van der Waals surface area contributed by atoms with Crippen molar-refractivity contribution in [1.29, 1.82) is 0 Å². The van der Waals surface area contributed by atoms with Crippen LogP contribution in [-0.4, -0.2) is 33.2 Å². The van der Waals surface area contributed by atoms with E-state index in [4.69, 9.17) is 9.47 Å². The standard InChI is InChI=1S/C25H27N3O5S/c1-4-6-23(29)33-16-20-15-19(12-14-26-20)28-24(30)22-7-5-13-27-25(22)34(31)17(2)18-8-10-21(32-3)11-9-18/h5,7-15,17H,4,6,16H2,1-3H3,(H,26,28,30). The third-order valence-electron chi connectivity index (χ3n) is 5.02. The van der Waals surface area contributed by atoms with Gasteiger partial charge >= 0.3 is 5.97 Å². The number of benzene rings is 1. The molecule has 178 valence electrons. The number of anilines is 1. The van der Waals surface area contributed by atoms with Crippen LogP contribution in [0.4, 0.5) is 5.69 Å². The van der Waals surface area contributed by atoms with E-state index in [9.17, 15) is 13.8 Å². The number of carbonyl (C=O) groups excluding carboxylic acids is 2. The van der Waals surface area contributed by atoms with Crippen LogP contribution in [0.15, 0.2) is 66.0 Å². The molecule has 9 heteroatoms. The summed E-state index contributed by atoms with van der Waals surface area (Å²) >= 11 is 0. The Labute approximate surface area is 201 Å². The average Bonchev–Trinajstić information content (AvgIpc) is 2.87. The maximum absolute atomic E-state index is 13.3. The van der Waals surface area contributed by atoms with Crippen molar-refractivity contribution in [2.75, 3.05) is 12.4 Å². The lowest BCUT2D eigenvalue weighted by Crippen LogP contribution is -2.17. The van der Waals surface area contributed by atoms with Crippen molar-refractivity contribution in [3.63, 3.8) is 0 Å². The van der Waals surface area contributed by atoms with E-state index in [0.717, 1.165) is 5.56 Å². The van der Waals surface area contributed by atoms with Crippen molar-refractivity contribution < 1.29 is 23.3 Å². The normalized spacial score (nSPS) is 12.4. The number of amides is 1. The van der Waals surface area contributed by atoms with Gasteiger partial charge in [-0.05, 0) is 55.3 Å². The predicted octanol–water partition coefficient (Wildman–Crippen LogP) is 4.45. The molecular weight excluding hydrogens is 454 g/mol. The molecule has 0 aliphatic rings. The Morgan fingerprint density at radius 3 is 2.56 bits per heavy atom. The first kappa shape index (κ1) is 25.0. The number of nitrogens with one attached hydrogen (secondary N) is 1. The molecule has 0 radical (unpaired) electrons. The zero-order chi connectivity index (χ0) is 24.5. The minimum absolute atomic E-state index is 0.0179. The second-order valence-electron chi connectivity index (χ2n) is 7.47. The number of methoxy groups -OCH3 is 1. The Morgan fingerprint density at radius 1 is 1.09 bits per heavy atom. The second-order valence-corrected chi connectivity index (χ2v) is 9.16. The first-order valence-electron chi connectivity index (χ1n) is 10.8. The molecule has 2 heterocycles. The fourth-order valence-electron chi connectivity index (χ4n) is 3.15. The van der Waals surface area contributed by atoms with Crippen LogP contribution in [-0.2, 0) is 26.9 Å². The van der Waals surface area contributed by atoms with Gasteiger partial charge in [-0.15, -0.1) is 0 Å². The molecule has 2 unspecified atom stereocenters. The molecule has 0 spiro atoms. The van der Waals surface area contributed by atoms with E-state index >= 15 is 0 Å². The summed E-state index contributed by atoms with van der Waals surface area (Å²) in [5.74, 6) is -0.0396. The maximum Gasteiger partial charge on any atom is 0.306 e. The highest BCUT2D eigenvalue weighted by molar-refractivity contribution is 7.85. The van der Waals surface area contributed by atoms with Crippen molar-refractivity contribution in [3.8, 4) is 5.75 Å². The van der Waals surface area contributed by atoms with Crippen molar-refractivity contribution >= 4 is 28.4 Å². The van der Waals surface area contributed by atoms with Gasteiger partial charge in [-0.1, -0.05) is 19.1 Å². The van der Waals surface area contributed by atoms with Crippen LogP contribution in [0, 0.1) is 0 Å². The number of pyridine rings is 2. The summed E-state index contributed by atoms with van der Waals surface area (Å²) in [4.78, 5) is 33.0. The molecule has 1 amide bonds. The number of rotatable bonds is 10. The van der Waals surface area contributed by atoms with E-state index in [0.29, 0.717) is 30.0 Å². The zero-order valence-electron chi connectivity index (χ0n) is 19.3. The van der Waals surface area contributed by atoms with E-state index in [1.807, 2.05) is 26.0 Å². The summed E-state index contributed by atoms with van der Waals surface area (Å²) in [6, 6.07) is 13.8. The lowest BCUT2D eigenvalue weighted by atomic mass is 10.1. The largest absolute Gasteiger partial charge is 0.497 e. The van der Waals surface area contributed by atoms with Gasteiger partial charge in [0.2, 0.25) is 0 Å². The lowest BCUT2D eigenvalue weighted by molar-refractivity contribution is -0.145. The first-order valence-corrected chi connectivity index (χ1v) is 12.1. The number of hydrogen-bond acceptors (Lipinski definition) is 7. The summed E-state index contributed by atoms with van der Waals surface area (Å²) in [6.45, 7) is 3.74. The summed E-state index contributed by atoms with van der Waals surface area (Å²) in [5.41, 5.74) is 2.04. The van der Waals surface area contributed by atoms with E-state index in [-0.39, 0.29) is 23.2 Å². The highest BCUT2D eigenvalue weighted by atomic mass is 32.2. The monoisotopic (exact) mass is 481 g/mol. The molecule has 0 saturated carbocycles. The molecule has 34 heavy (non-hydrogen) atoms. The Morgan fingerprint density at radius 2 is 1.85 bits per heavy atom. The molecular formula is C25H27N3O5S. The van der Waals surface area contributed by atoms with Gasteiger partial charge in [0.25, 0.3) is 5.91 Å². The van der Waals surface area contributed by atoms with Gasteiger partial charge in [-0.25, -0.2) is 4.98 Å². The molecule has 0 fully saturated rings. The minimum atomic E-state index is -1.58. The van der Waals surface area contributed by atoms with Crippen LogP contribution in [0.3, 0.4) is 0 Å². The van der Waals surface area contributed by atoms with Gasteiger partial charge < -0.3 is 14.8 Å². The molecule has 1 N–H and O–H groups in total. The van der Waals surface area contributed by atoms with E-state index in [1.54, 1.807) is 43.5 Å². The summed E-state index contributed by atoms with van der Waals surface area (Å²) in [5, 5.41) is 2.60. The number of aromatic nitrogens is 2. The maximum atomic E-state index is 13.3. The molecule has 8 nitrogen and oxygen atoms in total. The fourth-order valence-corrected chi connectivity index (χ4v) is 4.44. The van der Waals surface area contributed by atoms with Crippen LogP contribution in [0.5, 0.6) is 5.75 Å². The lowest BCUT2D eigenvalue weighted by Gasteiger charge is -2.15. The van der Waals surface area contributed by atoms with Crippen molar-refractivity contribution in [3.05, 3.63) is 77.7 Å². The predicted molar refractivity (Wildman–Crippen MR) is 129 cm³/mol. The van der Waals surface area contributed by atoms with Gasteiger partial charge in [-0.2, -0.15) is 0 Å². The highest BCUT2D eigenvalue weighted by Gasteiger charge is 2.23. The van der Waals surface area contributed by atoms with Crippen LogP contribution >= 0.6 is 0 Å². The van der Waals surface area contributed by atoms with E-state index in [2.05, 4.69) is 15.3 Å². The van der Waals surface area contributed by atoms with Gasteiger partial charge in [0, 0.05) is 24.5 Å². The van der Waals surface area contributed by atoms with Crippen molar-refractivity contribution in [2.24, 2.45) is 0 Å². The SMILES string of the molecule is CCCC(=O)OCc1cc(NC(=O)c2cccnc2S(=O)C(C)c2ccc(OC)cc2)ccn1. The number of nitrogens with zero attached hydrogens (tertiary/aromatic N) is 2. The molecule has 3 aromatic rings. The van der Waals surface area contributed by atoms with Gasteiger partial charge in [0.05, 0.1) is 34.4 Å². The summed E-state index contributed by atoms with van der Waals surface area (Å²) in [6.07, 6.45) is 4.08. The fraction of sp³-hybridized carbons (Fsp3) is 0.280. The zero-order valence-corrected chi connectivity index (χ0v) is 20.1. The Kier molecular flexibility index (Phi) is 8.86. The van der Waals surface area contributed by atoms with E-state index in [1.165, 1.54) is 12.4 Å². The Hall–Kier alpha value is -3.59. The quantitative estimate of drug-likeness (QED) is 0.426. The van der Waals surface area contributed by atoms with Crippen LogP contribution in [0.25, 0.3) is 0 Å². The summed E-state index contributed by atoms with van der Waals surface area (Å²) in [7, 11) is 0.00819. The molecule has 1 aromatic carbocycles.